The van der Waals surface area contributed by atoms with Crippen LogP contribution in [0.4, 0.5) is 11.4 Å². The summed E-state index contributed by atoms with van der Waals surface area (Å²) in [6.07, 6.45) is 0. The lowest BCUT2D eigenvalue weighted by Gasteiger charge is -2.21. The molecule has 5 nitrogen and oxygen atoms in total. The lowest BCUT2D eigenvalue weighted by atomic mass is 10.1. The van der Waals surface area contributed by atoms with E-state index in [2.05, 4.69) is 28.2 Å². The largest absolute Gasteiger partial charge is 0.399 e. The molecule has 0 radical (unpaired) electrons. The first-order valence-corrected chi connectivity index (χ1v) is 8.74. The standard InChI is InChI=1S/C20H24N4O/c1-13-6-7-16(21)11-17(13)22-20(25)15-5-3-4-14(10-15)19-18-12-23(2)8-9-24(18)19/h3-7,10-11,18-19H,8-9,12,21H2,1-2H3,(H,22,25). The molecule has 2 aromatic rings. The number of fused-ring (bicyclic) bond motifs is 1. The van der Waals surface area contributed by atoms with Gasteiger partial charge in [-0.3, -0.25) is 9.69 Å². The number of carbonyl (C=O) groups excluding carboxylic acids is 1. The third-order valence-electron chi connectivity index (χ3n) is 5.30. The molecule has 1 amide bonds. The van der Waals surface area contributed by atoms with Crippen molar-refractivity contribution in [3.05, 3.63) is 59.2 Å². The zero-order chi connectivity index (χ0) is 17.6. The summed E-state index contributed by atoms with van der Waals surface area (Å²) in [4.78, 5) is 17.6. The van der Waals surface area contributed by atoms with Crippen LogP contribution in [0.25, 0.3) is 0 Å². The van der Waals surface area contributed by atoms with Gasteiger partial charge in [-0.25, -0.2) is 0 Å². The normalized spacial score (nSPS) is 25.3. The Hall–Kier alpha value is -2.37. The number of piperazine rings is 1. The first-order chi connectivity index (χ1) is 12.0. The summed E-state index contributed by atoms with van der Waals surface area (Å²) in [5, 5.41) is 2.98. The lowest BCUT2D eigenvalue weighted by molar-refractivity contribution is 0.102. The molecule has 3 atom stereocenters. The molecule has 25 heavy (non-hydrogen) atoms. The van der Waals surface area contributed by atoms with Gasteiger partial charge in [-0.2, -0.15) is 0 Å². The minimum absolute atomic E-state index is 0.0914. The Morgan fingerprint density at radius 2 is 2.04 bits per heavy atom. The maximum absolute atomic E-state index is 12.7. The Labute approximate surface area is 148 Å². The predicted molar refractivity (Wildman–Crippen MR) is 101 cm³/mol. The van der Waals surface area contributed by atoms with Crippen LogP contribution in [-0.4, -0.2) is 48.4 Å². The van der Waals surface area contributed by atoms with Crippen molar-refractivity contribution in [2.75, 3.05) is 37.7 Å². The first kappa shape index (κ1) is 16.1. The molecule has 2 heterocycles. The highest BCUT2D eigenvalue weighted by Gasteiger charge is 2.50. The van der Waals surface area contributed by atoms with Gasteiger partial charge in [-0.05, 0) is 49.4 Å². The molecule has 4 rings (SSSR count). The van der Waals surface area contributed by atoms with Gasteiger partial charge in [-0.15, -0.1) is 0 Å². The number of anilines is 2. The van der Waals surface area contributed by atoms with Crippen molar-refractivity contribution in [3.8, 4) is 0 Å². The van der Waals surface area contributed by atoms with E-state index in [1.165, 1.54) is 5.56 Å². The van der Waals surface area contributed by atoms with E-state index in [1.54, 1.807) is 6.07 Å². The van der Waals surface area contributed by atoms with E-state index in [9.17, 15) is 4.79 Å². The quantitative estimate of drug-likeness (QED) is 0.668. The number of amides is 1. The molecule has 0 bridgehead atoms. The second kappa shape index (κ2) is 6.17. The van der Waals surface area contributed by atoms with Crippen molar-refractivity contribution < 1.29 is 4.79 Å². The summed E-state index contributed by atoms with van der Waals surface area (Å²) in [6.45, 7) is 5.28. The SMILES string of the molecule is Cc1ccc(N)cc1NC(=O)c1cccc(C2C3CN(C)CCN32)c1. The molecule has 130 valence electrons. The minimum atomic E-state index is -0.0914. The van der Waals surface area contributed by atoms with Gasteiger partial charge < -0.3 is 16.0 Å². The van der Waals surface area contributed by atoms with Crippen molar-refractivity contribution in [1.82, 2.24) is 9.80 Å². The molecule has 5 heteroatoms. The zero-order valence-corrected chi connectivity index (χ0v) is 14.7. The Balaban J connectivity index is 1.52. The van der Waals surface area contributed by atoms with Gasteiger partial charge in [0.05, 0.1) is 6.04 Å². The molecular weight excluding hydrogens is 312 g/mol. The van der Waals surface area contributed by atoms with Crippen LogP contribution in [0, 0.1) is 6.92 Å². The van der Waals surface area contributed by atoms with E-state index in [4.69, 9.17) is 5.73 Å². The first-order valence-electron chi connectivity index (χ1n) is 8.74. The molecular formula is C20H24N4O. The van der Waals surface area contributed by atoms with Crippen LogP contribution in [0.5, 0.6) is 0 Å². The number of hydrogen-bond donors (Lipinski definition) is 2. The van der Waals surface area contributed by atoms with Crippen LogP contribution in [0.2, 0.25) is 0 Å². The molecule has 0 aromatic heterocycles. The lowest BCUT2D eigenvalue weighted by Crippen LogP contribution is -2.35. The van der Waals surface area contributed by atoms with E-state index < -0.39 is 0 Å². The number of benzene rings is 2. The zero-order valence-electron chi connectivity index (χ0n) is 14.7. The molecule has 0 aliphatic carbocycles. The number of nitrogen functional groups attached to an aromatic ring is 1. The number of nitrogens with one attached hydrogen (secondary N) is 1. The van der Waals surface area contributed by atoms with Crippen molar-refractivity contribution >= 4 is 17.3 Å². The highest BCUT2D eigenvalue weighted by atomic mass is 16.1. The topological polar surface area (TPSA) is 61.4 Å². The molecule has 2 fully saturated rings. The van der Waals surface area contributed by atoms with Gasteiger partial charge in [0, 0.05) is 42.6 Å². The number of rotatable bonds is 3. The monoisotopic (exact) mass is 336 g/mol. The summed E-state index contributed by atoms with van der Waals surface area (Å²) in [5.41, 5.74) is 10.2. The summed E-state index contributed by atoms with van der Waals surface area (Å²) in [6, 6.07) is 14.6. The fourth-order valence-corrected chi connectivity index (χ4v) is 3.78. The van der Waals surface area contributed by atoms with Gasteiger partial charge in [0.25, 0.3) is 5.91 Å². The van der Waals surface area contributed by atoms with Crippen molar-refractivity contribution in [2.45, 2.75) is 19.0 Å². The Morgan fingerprint density at radius 3 is 2.84 bits per heavy atom. The average Bonchev–Trinajstić information content (AvgIpc) is 3.31. The number of hydrogen-bond acceptors (Lipinski definition) is 4. The highest BCUT2D eigenvalue weighted by molar-refractivity contribution is 6.05. The Kier molecular flexibility index (Phi) is 3.98. The van der Waals surface area contributed by atoms with Gasteiger partial charge >= 0.3 is 0 Å². The fourth-order valence-electron chi connectivity index (χ4n) is 3.78. The second-order valence-electron chi connectivity index (χ2n) is 7.17. The number of nitrogens with two attached hydrogens (primary N) is 1. The van der Waals surface area contributed by atoms with Gasteiger partial charge in [0.15, 0.2) is 0 Å². The van der Waals surface area contributed by atoms with Crippen LogP contribution >= 0.6 is 0 Å². The summed E-state index contributed by atoms with van der Waals surface area (Å²) in [7, 11) is 2.17. The molecule has 3 N–H and O–H groups in total. The summed E-state index contributed by atoms with van der Waals surface area (Å²) in [5.74, 6) is -0.0914. The minimum Gasteiger partial charge on any atom is -0.399 e. The van der Waals surface area contributed by atoms with E-state index in [-0.39, 0.29) is 5.91 Å². The van der Waals surface area contributed by atoms with Crippen LogP contribution in [0.1, 0.15) is 27.5 Å². The number of nitrogens with zero attached hydrogens (tertiary/aromatic N) is 2. The van der Waals surface area contributed by atoms with Crippen LogP contribution in [0.15, 0.2) is 42.5 Å². The maximum atomic E-state index is 12.7. The average molecular weight is 336 g/mol. The molecule has 0 spiro atoms. The van der Waals surface area contributed by atoms with E-state index in [0.717, 1.165) is 30.9 Å². The summed E-state index contributed by atoms with van der Waals surface area (Å²) >= 11 is 0. The van der Waals surface area contributed by atoms with Gasteiger partial charge in [0.1, 0.15) is 0 Å². The van der Waals surface area contributed by atoms with Crippen LogP contribution in [-0.2, 0) is 0 Å². The van der Waals surface area contributed by atoms with Crippen molar-refractivity contribution in [1.29, 1.82) is 0 Å². The highest BCUT2D eigenvalue weighted by Crippen LogP contribution is 2.44. The van der Waals surface area contributed by atoms with Gasteiger partial charge in [0.2, 0.25) is 0 Å². The van der Waals surface area contributed by atoms with E-state index in [1.807, 2.05) is 37.3 Å². The van der Waals surface area contributed by atoms with Gasteiger partial charge in [-0.1, -0.05) is 18.2 Å². The summed E-state index contributed by atoms with van der Waals surface area (Å²) < 4.78 is 0. The molecule has 0 saturated carbocycles. The second-order valence-corrected chi connectivity index (χ2v) is 7.17. The molecule has 2 aromatic carbocycles. The Morgan fingerprint density at radius 1 is 1.20 bits per heavy atom. The van der Waals surface area contributed by atoms with E-state index in [0.29, 0.717) is 23.3 Å². The predicted octanol–water partition coefficient (Wildman–Crippen LogP) is 2.50. The van der Waals surface area contributed by atoms with Crippen molar-refractivity contribution in [3.63, 3.8) is 0 Å². The molecule has 3 unspecified atom stereocenters. The third kappa shape index (κ3) is 3.13. The van der Waals surface area contributed by atoms with Crippen molar-refractivity contribution in [2.24, 2.45) is 0 Å². The Bertz CT molecular complexity index is 819. The molecule has 2 saturated heterocycles. The number of carbonyl (C=O) groups is 1. The number of likely N-dealkylation sites (N-methyl/N-ethyl adjacent to an activating group) is 1. The molecule has 2 aliphatic heterocycles. The van der Waals surface area contributed by atoms with Crippen LogP contribution < -0.4 is 11.1 Å². The fraction of sp³-hybridized carbons (Fsp3) is 0.350. The van der Waals surface area contributed by atoms with E-state index >= 15 is 0 Å². The number of aryl methyl sites for hydroxylation is 1. The maximum Gasteiger partial charge on any atom is 0.255 e. The smallest absolute Gasteiger partial charge is 0.255 e. The molecule has 2 aliphatic rings. The third-order valence-corrected chi connectivity index (χ3v) is 5.30. The van der Waals surface area contributed by atoms with Crippen LogP contribution in [0.3, 0.4) is 0 Å².